The number of hydrogen-bond donors (Lipinski definition) is 2. The highest BCUT2D eigenvalue weighted by Crippen LogP contribution is 2.17. The third kappa shape index (κ3) is 2.56. The van der Waals surface area contributed by atoms with Crippen LogP contribution in [0.25, 0.3) is 0 Å². The first-order chi connectivity index (χ1) is 6.84. The van der Waals surface area contributed by atoms with Crippen LogP contribution in [0.5, 0.6) is 0 Å². The maximum Gasteiger partial charge on any atom is 0.107 e. The molecule has 1 saturated heterocycles. The second kappa shape index (κ2) is 4.57. The largest absolute Gasteiger partial charge is 0.378 e. The summed E-state index contributed by atoms with van der Waals surface area (Å²) < 4.78 is 5.53. The van der Waals surface area contributed by atoms with Gasteiger partial charge in [0.15, 0.2) is 0 Å². The van der Waals surface area contributed by atoms with Crippen molar-refractivity contribution in [3.63, 3.8) is 0 Å². The van der Waals surface area contributed by atoms with Crippen molar-refractivity contribution in [2.24, 2.45) is 5.73 Å². The minimum atomic E-state index is 0.157. The number of nitrogens with two attached hydrogens (primary N) is 1. The SMILES string of the molecule is NC(Cc1ncc[nH]1)CC1CCCO1. The monoisotopic (exact) mass is 195 g/mol. The molecule has 3 N–H and O–H groups in total. The number of H-pyrrole nitrogens is 1. The van der Waals surface area contributed by atoms with Crippen LogP contribution in [0.1, 0.15) is 25.1 Å². The highest BCUT2D eigenvalue weighted by Gasteiger charge is 2.19. The highest BCUT2D eigenvalue weighted by atomic mass is 16.5. The number of imidazole rings is 1. The summed E-state index contributed by atoms with van der Waals surface area (Å²) in [4.78, 5) is 7.22. The van der Waals surface area contributed by atoms with Crippen LogP contribution in [0.15, 0.2) is 12.4 Å². The number of aromatic nitrogens is 2. The molecule has 0 radical (unpaired) electrons. The van der Waals surface area contributed by atoms with E-state index in [0.29, 0.717) is 6.10 Å². The minimum Gasteiger partial charge on any atom is -0.378 e. The summed E-state index contributed by atoms with van der Waals surface area (Å²) in [5.74, 6) is 0.968. The number of nitrogens with zero attached hydrogens (tertiary/aromatic N) is 1. The average molecular weight is 195 g/mol. The van der Waals surface area contributed by atoms with Gasteiger partial charge in [0.1, 0.15) is 5.82 Å². The molecule has 2 atom stereocenters. The van der Waals surface area contributed by atoms with Crippen molar-refractivity contribution in [3.8, 4) is 0 Å². The maximum atomic E-state index is 6.00. The summed E-state index contributed by atoms with van der Waals surface area (Å²) in [6.07, 6.45) is 8.06. The van der Waals surface area contributed by atoms with Crippen molar-refractivity contribution < 1.29 is 4.74 Å². The first-order valence-electron chi connectivity index (χ1n) is 5.20. The molecule has 2 rings (SSSR count). The lowest BCUT2D eigenvalue weighted by molar-refractivity contribution is 0.0982. The Hall–Kier alpha value is -0.870. The molecule has 0 spiro atoms. The van der Waals surface area contributed by atoms with E-state index in [1.54, 1.807) is 6.20 Å². The van der Waals surface area contributed by atoms with Gasteiger partial charge in [0.05, 0.1) is 6.10 Å². The Balaban J connectivity index is 1.75. The normalized spacial score (nSPS) is 23.9. The average Bonchev–Trinajstić information content (AvgIpc) is 2.76. The van der Waals surface area contributed by atoms with E-state index < -0.39 is 0 Å². The second-order valence-corrected chi connectivity index (χ2v) is 3.87. The summed E-state index contributed by atoms with van der Waals surface area (Å²) in [5.41, 5.74) is 6.00. The van der Waals surface area contributed by atoms with Crippen molar-refractivity contribution >= 4 is 0 Å². The Morgan fingerprint density at radius 1 is 1.71 bits per heavy atom. The Bertz CT molecular complexity index is 254. The first kappa shape index (κ1) is 9.68. The van der Waals surface area contributed by atoms with Gasteiger partial charge in [-0.15, -0.1) is 0 Å². The number of rotatable bonds is 4. The molecule has 4 nitrogen and oxygen atoms in total. The Kier molecular flexibility index (Phi) is 3.16. The van der Waals surface area contributed by atoms with Gasteiger partial charge in [0.25, 0.3) is 0 Å². The van der Waals surface area contributed by atoms with Crippen molar-refractivity contribution in [2.75, 3.05) is 6.61 Å². The predicted octanol–water partition coefficient (Wildman–Crippen LogP) is 0.849. The van der Waals surface area contributed by atoms with Gasteiger partial charge in [-0.1, -0.05) is 0 Å². The molecule has 2 heterocycles. The van der Waals surface area contributed by atoms with Crippen molar-refractivity contribution in [3.05, 3.63) is 18.2 Å². The Morgan fingerprint density at radius 2 is 2.64 bits per heavy atom. The smallest absolute Gasteiger partial charge is 0.107 e. The van der Waals surface area contributed by atoms with Gasteiger partial charge >= 0.3 is 0 Å². The summed E-state index contributed by atoms with van der Waals surface area (Å²) in [6, 6.07) is 0.157. The molecule has 0 bridgehead atoms. The van der Waals surface area contributed by atoms with Gasteiger partial charge in [-0.2, -0.15) is 0 Å². The van der Waals surface area contributed by atoms with Crippen LogP contribution in [0.3, 0.4) is 0 Å². The van der Waals surface area contributed by atoms with E-state index in [0.717, 1.165) is 31.7 Å². The van der Waals surface area contributed by atoms with Gasteiger partial charge in [-0.05, 0) is 19.3 Å². The van der Waals surface area contributed by atoms with E-state index in [2.05, 4.69) is 9.97 Å². The van der Waals surface area contributed by atoms with E-state index in [9.17, 15) is 0 Å². The summed E-state index contributed by atoms with van der Waals surface area (Å²) in [5, 5.41) is 0. The van der Waals surface area contributed by atoms with Crippen LogP contribution >= 0.6 is 0 Å². The van der Waals surface area contributed by atoms with Crippen molar-refractivity contribution in [2.45, 2.75) is 37.8 Å². The fourth-order valence-electron chi connectivity index (χ4n) is 1.91. The van der Waals surface area contributed by atoms with Crippen LogP contribution in [0, 0.1) is 0 Å². The van der Waals surface area contributed by atoms with Gasteiger partial charge in [0, 0.05) is 31.5 Å². The minimum absolute atomic E-state index is 0.157. The molecule has 4 heteroatoms. The Morgan fingerprint density at radius 3 is 3.29 bits per heavy atom. The molecule has 0 amide bonds. The van der Waals surface area contributed by atoms with E-state index in [1.807, 2.05) is 6.20 Å². The van der Waals surface area contributed by atoms with E-state index in [1.165, 1.54) is 6.42 Å². The van der Waals surface area contributed by atoms with Gasteiger partial charge in [-0.3, -0.25) is 0 Å². The van der Waals surface area contributed by atoms with Crippen LogP contribution in [0.2, 0.25) is 0 Å². The zero-order valence-electron chi connectivity index (χ0n) is 8.28. The maximum absolute atomic E-state index is 6.00. The molecule has 78 valence electrons. The Labute approximate surface area is 83.9 Å². The van der Waals surface area contributed by atoms with Gasteiger partial charge in [0.2, 0.25) is 0 Å². The lowest BCUT2D eigenvalue weighted by Crippen LogP contribution is -2.28. The van der Waals surface area contributed by atoms with Gasteiger partial charge < -0.3 is 15.5 Å². The molecular formula is C10H17N3O. The molecule has 0 aliphatic carbocycles. The third-order valence-electron chi connectivity index (χ3n) is 2.60. The molecule has 0 saturated carbocycles. The van der Waals surface area contributed by atoms with Crippen molar-refractivity contribution in [1.29, 1.82) is 0 Å². The predicted molar refractivity (Wildman–Crippen MR) is 53.9 cm³/mol. The van der Waals surface area contributed by atoms with E-state index >= 15 is 0 Å². The number of ether oxygens (including phenoxy) is 1. The summed E-state index contributed by atoms with van der Waals surface area (Å²) in [7, 11) is 0. The zero-order chi connectivity index (χ0) is 9.80. The topological polar surface area (TPSA) is 63.9 Å². The lowest BCUT2D eigenvalue weighted by Gasteiger charge is -2.14. The van der Waals surface area contributed by atoms with Crippen molar-refractivity contribution in [1.82, 2.24) is 9.97 Å². The molecule has 0 aromatic carbocycles. The second-order valence-electron chi connectivity index (χ2n) is 3.87. The molecular weight excluding hydrogens is 178 g/mol. The quantitative estimate of drug-likeness (QED) is 0.748. The number of aromatic amines is 1. The molecule has 1 fully saturated rings. The molecule has 1 aliphatic heterocycles. The van der Waals surface area contributed by atoms with Crippen LogP contribution in [0.4, 0.5) is 0 Å². The van der Waals surface area contributed by atoms with E-state index in [4.69, 9.17) is 10.5 Å². The first-order valence-corrected chi connectivity index (χ1v) is 5.20. The fourth-order valence-corrected chi connectivity index (χ4v) is 1.91. The molecule has 1 aromatic rings. The molecule has 1 aliphatic rings. The standard InChI is InChI=1S/C10H17N3O/c11-8(6-9-2-1-5-14-9)7-10-12-3-4-13-10/h3-4,8-9H,1-2,5-7,11H2,(H,12,13). The molecule has 2 unspecified atom stereocenters. The number of hydrogen-bond acceptors (Lipinski definition) is 3. The van der Waals surface area contributed by atoms with Crippen LogP contribution < -0.4 is 5.73 Å². The van der Waals surface area contributed by atoms with E-state index in [-0.39, 0.29) is 6.04 Å². The zero-order valence-corrected chi connectivity index (χ0v) is 8.28. The third-order valence-corrected chi connectivity index (χ3v) is 2.60. The highest BCUT2D eigenvalue weighted by molar-refractivity contribution is 4.91. The van der Waals surface area contributed by atoms with Crippen LogP contribution in [-0.2, 0) is 11.2 Å². The molecule has 14 heavy (non-hydrogen) atoms. The van der Waals surface area contributed by atoms with Gasteiger partial charge in [-0.25, -0.2) is 4.98 Å². The number of nitrogens with one attached hydrogen (secondary N) is 1. The lowest BCUT2D eigenvalue weighted by atomic mass is 10.0. The van der Waals surface area contributed by atoms with Crippen LogP contribution in [-0.4, -0.2) is 28.7 Å². The summed E-state index contributed by atoms with van der Waals surface area (Å²) in [6.45, 7) is 0.901. The molecule has 1 aromatic heterocycles. The fraction of sp³-hybridized carbons (Fsp3) is 0.700. The summed E-state index contributed by atoms with van der Waals surface area (Å²) >= 11 is 0.